The molecule has 0 saturated carbocycles. The monoisotopic (exact) mass is 443 g/mol. The van der Waals surface area contributed by atoms with Crippen LogP contribution in [-0.4, -0.2) is 45.5 Å². The smallest absolute Gasteiger partial charge is 0.271 e. The molecule has 2 N–H and O–H groups in total. The Kier molecular flexibility index (Phi) is 7.05. The zero-order valence-electron chi connectivity index (χ0n) is 14.9. The molecule has 1 fully saturated rings. The number of thioether (sulfide) groups is 1. The third kappa shape index (κ3) is 5.53. The number of amides is 1. The number of hydrogen-bond donors (Lipinski definition) is 2. The molecule has 0 unspecified atom stereocenters. The molecule has 1 aliphatic heterocycles. The summed E-state index contributed by atoms with van der Waals surface area (Å²) < 4.78 is 6.19. The SMILES string of the molecule is C[C@H](Sc1nnc(NC[C@H]2CCCO2)s1)C(=O)Nc1cc([N+](=O)[O-])ccc1Cl. The minimum Gasteiger partial charge on any atom is -0.376 e. The second-order valence-corrected chi connectivity index (χ2v) is 9.03. The fourth-order valence-corrected chi connectivity index (χ4v) is 4.56. The summed E-state index contributed by atoms with van der Waals surface area (Å²) in [5, 5.41) is 25.3. The van der Waals surface area contributed by atoms with E-state index in [4.69, 9.17) is 16.3 Å². The summed E-state index contributed by atoms with van der Waals surface area (Å²) in [4.78, 5) is 22.8. The molecule has 1 amide bonds. The number of rotatable bonds is 8. The highest BCUT2D eigenvalue weighted by molar-refractivity contribution is 8.02. The Bertz CT molecular complexity index is 859. The minimum atomic E-state index is -0.545. The number of carbonyl (C=O) groups excluding carboxylic acids is 1. The van der Waals surface area contributed by atoms with Gasteiger partial charge < -0.3 is 15.4 Å². The number of nitrogens with zero attached hydrogens (tertiary/aromatic N) is 3. The molecule has 2 heterocycles. The van der Waals surface area contributed by atoms with Crippen LogP contribution in [0.15, 0.2) is 22.5 Å². The molecular weight excluding hydrogens is 426 g/mol. The van der Waals surface area contributed by atoms with Crippen molar-refractivity contribution < 1.29 is 14.5 Å². The number of hydrogen-bond acceptors (Lipinski definition) is 9. The topological polar surface area (TPSA) is 119 Å². The molecule has 0 aliphatic carbocycles. The predicted octanol–water partition coefficient (Wildman–Crippen LogP) is 3.81. The van der Waals surface area contributed by atoms with Gasteiger partial charge in [0.05, 0.1) is 27.0 Å². The fraction of sp³-hybridized carbons (Fsp3) is 0.438. The maximum Gasteiger partial charge on any atom is 0.271 e. The van der Waals surface area contributed by atoms with E-state index in [0.29, 0.717) is 16.0 Å². The van der Waals surface area contributed by atoms with Crippen LogP contribution in [0.2, 0.25) is 5.02 Å². The highest BCUT2D eigenvalue weighted by Gasteiger charge is 2.20. The second kappa shape index (κ2) is 9.50. The number of anilines is 2. The van der Waals surface area contributed by atoms with E-state index >= 15 is 0 Å². The van der Waals surface area contributed by atoms with Gasteiger partial charge in [-0.1, -0.05) is 34.7 Å². The first-order chi connectivity index (χ1) is 13.4. The van der Waals surface area contributed by atoms with Crippen LogP contribution in [0.3, 0.4) is 0 Å². The summed E-state index contributed by atoms with van der Waals surface area (Å²) in [6.07, 6.45) is 2.31. The van der Waals surface area contributed by atoms with Crippen molar-refractivity contribution in [3.63, 3.8) is 0 Å². The van der Waals surface area contributed by atoms with Gasteiger partial charge in [0.1, 0.15) is 0 Å². The van der Waals surface area contributed by atoms with Gasteiger partial charge in [-0.05, 0) is 25.8 Å². The van der Waals surface area contributed by atoms with E-state index in [2.05, 4.69) is 20.8 Å². The largest absolute Gasteiger partial charge is 0.376 e. The van der Waals surface area contributed by atoms with Crippen molar-refractivity contribution in [2.45, 2.75) is 35.5 Å². The number of aromatic nitrogens is 2. The first-order valence-corrected chi connectivity index (χ1v) is 10.6. The van der Waals surface area contributed by atoms with E-state index in [1.807, 2.05) is 0 Å². The van der Waals surface area contributed by atoms with Crippen LogP contribution in [0.1, 0.15) is 19.8 Å². The first-order valence-electron chi connectivity index (χ1n) is 8.53. The average Bonchev–Trinajstić information content (AvgIpc) is 3.33. The Morgan fingerprint density at radius 2 is 2.36 bits per heavy atom. The molecule has 0 bridgehead atoms. The Hall–Kier alpha value is -1.95. The molecule has 2 atom stereocenters. The van der Waals surface area contributed by atoms with Crippen LogP contribution in [0.4, 0.5) is 16.5 Å². The van der Waals surface area contributed by atoms with E-state index in [0.717, 1.165) is 19.4 Å². The molecule has 1 aliphatic rings. The lowest BCUT2D eigenvalue weighted by molar-refractivity contribution is -0.384. The third-order valence-corrected chi connectivity index (χ3v) is 6.37. The standard InChI is InChI=1S/C16H18ClN5O4S2/c1-9(14(23)19-13-7-10(22(24)25)4-5-12(13)17)27-16-21-20-15(28-16)18-8-11-3-2-6-26-11/h4-5,7,9,11H,2-3,6,8H2,1H3,(H,18,20)(H,19,23)/t9-,11+/m0/s1. The number of non-ortho nitro benzene ring substituents is 1. The van der Waals surface area contributed by atoms with Crippen LogP contribution in [-0.2, 0) is 9.53 Å². The number of ether oxygens (including phenoxy) is 1. The number of halogens is 1. The Balaban J connectivity index is 1.54. The van der Waals surface area contributed by atoms with Gasteiger partial charge in [-0.3, -0.25) is 14.9 Å². The van der Waals surface area contributed by atoms with Crippen molar-refractivity contribution in [2.75, 3.05) is 23.8 Å². The molecule has 2 aromatic rings. The predicted molar refractivity (Wildman–Crippen MR) is 109 cm³/mol. The summed E-state index contributed by atoms with van der Waals surface area (Å²) >= 11 is 8.63. The zero-order chi connectivity index (χ0) is 20.1. The maximum atomic E-state index is 12.4. The molecule has 1 aromatic heterocycles. The van der Waals surface area contributed by atoms with Gasteiger partial charge in [-0.15, -0.1) is 10.2 Å². The van der Waals surface area contributed by atoms with Gasteiger partial charge in [0.25, 0.3) is 5.69 Å². The number of nitrogens with one attached hydrogen (secondary N) is 2. The van der Waals surface area contributed by atoms with Crippen molar-refractivity contribution in [1.29, 1.82) is 0 Å². The summed E-state index contributed by atoms with van der Waals surface area (Å²) in [6, 6.07) is 3.89. The van der Waals surface area contributed by atoms with E-state index < -0.39 is 10.2 Å². The molecule has 0 spiro atoms. The van der Waals surface area contributed by atoms with Crippen LogP contribution in [0.25, 0.3) is 0 Å². The van der Waals surface area contributed by atoms with E-state index in [9.17, 15) is 14.9 Å². The molecule has 9 nitrogen and oxygen atoms in total. The van der Waals surface area contributed by atoms with E-state index in [1.165, 1.54) is 41.3 Å². The molecule has 150 valence electrons. The normalized spacial score (nSPS) is 17.3. The number of benzene rings is 1. The van der Waals surface area contributed by atoms with Crippen molar-refractivity contribution in [2.24, 2.45) is 0 Å². The molecule has 12 heteroatoms. The van der Waals surface area contributed by atoms with Crippen LogP contribution < -0.4 is 10.6 Å². The van der Waals surface area contributed by atoms with Crippen molar-refractivity contribution in [3.05, 3.63) is 33.3 Å². The lowest BCUT2D eigenvalue weighted by Crippen LogP contribution is -2.22. The number of nitro groups is 1. The molecule has 3 rings (SSSR count). The van der Waals surface area contributed by atoms with Gasteiger partial charge >= 0.3 is 0 Å². The Morgan fingerprint density at radius 3 is 3.07 bits per heavy atom. The van der Waals surface area contributed by atoms with E-state index in [-0.39, 0.29) is 28.4 Å². The van der Waals surface area contributed by atoms with Crippen molar-refractivity contribution >= 4 is 57.1 Å². The summed E-state index contributed by atoms with van der Waals surface area (Å²) in [7, 11) is 0. The molecule has 1 saturated heterocycles. The second-order valence-electron chi connectivity index (χ2n) is 6.06. The molecule has 28 heavy (non-hydrogen) atoms. The molecule has 0 radical (unpaired) electrons. The van der Waals surface area contributed by atoms with Crippen LogP contribution in [0.5, 0.6) is 0 Å². The summed E-state index contributed by atoms with van der Waals surface area (Å²) in [5.74, 6) is -0.337. The lowest BCUT2D eigenvalue weighted by atomic mass is 10.2. The molecule has 1 aromatic carbocycles. The van der Waals surface area contributed by atoms with Gasteiger partial charge in [-0.2, -0.15) is 0 Å². The molecular formula is C16H18ClN5O4S2. The number of carbonyl (C=O) groups is 1. The van der Waals surface area contributed by atoms with E-state index in [1.54, 1.807) is 6.92 Å². The minimum absolute atomic E-state index is 0.147. The maximum absolute atomic E-state index is 12.4. The summed E-state index contributed by atoms with van der Waals surface area (Å²) in [6.45, 7) is 3.19. The van der Waals surface area contributed by atoms with Gasteiger partial charge in [0.2, 0.25) is 11.0 Å². The fourth-order valence-electron chi connectivity index (χ4n) is 2.50. The highest BCUT2D eigenvalue weighted by Crippen LogP contribution is 2.31. The Labute approximate surface area is 174 Å². The third-order valence-electron chi connectivity index (χ3n) is 3.98. The van der Waals surface area contributed by atoms with Crippen molar-refractivity contribution in [1.82, 2.24) is 10.2 Å². The van der Waals surface area contributed by atoms with Gasteiger partial charge in [-0.25, -0.2) is 0 Å². The number of nitro benzene ring substituents is 1. The van der Waals surface area contributed by atoms with Crippen LogP contribution >= 0.6 is 34.7 Å². The first kappa shape index (κ1) is 20.8. The zero-order valence-corrected chi connectivity index (χ0v) is 17.3. The quantitative estimate of drug-likeness (QED) is 0.359. The van der Waals surface area contributed by atoms with Gasteiger partial charge in [0.15, 0.2) is 4.34 Å². The highest BCUT2D eigenvalue weighted by atomic mass is 35.5. The average molecular weight is 444 g/mol. The van der Waals surface area contributed by atoms with Gasteiger partial charge in [0, 0.05) is 25.3 Å². The van der Waals surface area contributed by atoms with Crippen molar-refractivity contribution in [3.8, 4) is 0 Å². The van der Waals surface area contributed by atoms with Crippen LogP contribution in [0, 0.1) is 10.1 Å². The lowest BCUT2D eigenvalue weighted by Gasteiger charge is -2.11. The Morgan fingerprint density at radius 1 is 1.54 bits per heavy atom. The summed E-state index contributed by atoms with van der Waals surface area (Å²) in [5.41, 5.74) is 0.0515.